The van der Waals surface area contributed by atoms with Crippen molar-refractivity contribution in [2.24, 2.45) is 0 Å². The Morgan fingerprint density at radius 1 is 1.21 bits per heavy atom. The van der Waals surface area contributed by atoms with Crippen LogP contribution in [0.3, 0.4) is 0 Å². The second-order valence-electron chi connectivity index (χ2n) is 4.27. The van der Waals surface area contributed by atoms with Gasteiger partial charge in [0.05, 0.1) is 7.11 Å². The monoisotopic (exact) mass is 194 g/mol. The molecule has 0 amide bonds. The highest BCUT2D eigenvalue weighted by Crippen LogP contribution is 2.38. The van der Waals surface area contributed by atoms with Crippen LogP contribution in [0.1, 0.15) is 49.5 Å². The number of aryl methyl sites for hydroxylation is 1. The van der Waals surface area contributed by atoms with Gasteiger partial charge in [-0.05, 0) is 25.2 Å². The van der Waals surface area contributed by atoms with E-state index in [4.69, 9.17) is 9.15 Å². The molecule has 2 heteroatoms. The molecule has 2 nitrogen and oxygen atoms in total. The van der Waals surface area contributed by atoms with Gasteiger partial charge in [0, 0.05) is 17.5 Å². The second kappa shape index (κ2) is 3.68. The average Bonchev–Trinajstić information content (AvgIpc) is 2.55. The molecule has 0 radical (unpaired) electrons. The zero-order chi connectivity index (χ0) is 10.1. The van der Waals surface area contributed by atoms with Crippen molar-refractivity contribution in [3.63, 3.8) is 0 Å². The Labute approximate surface area is 85.3 Å². The van der Waals surface area contributed by atoms with E-state index in [1.807, 2.05) is 0 Å². The summed E-state index contributed by atoms with van der Waals surface area (Å²) in [5.41, 5.74) is 2.71. The lowest BCUT2D eigenvalue weighted by Gasteiger charge is -2.12. The minimum absolute atomic E-state index is 0.496. The average molecular weight is 194 g/mol. The van der Waals surface area contributed by atoms with Crippen LogP contribution in [0.15, 0.2) is 4.42 Å². The highest BCUT2D eigenvalue weighted by Gasteiger charge is 2.24. The summed E-state index contributed by atoms with van der Waals surface area (Å²) in [6, 6.07) is 0. The standard InChI is InChI=1S/C12H18O2/c1-8(2)11-9-6-4-5-7-10(9)14-12(11)13-3/h8H,4-7H2,1-3H3. The van der Waals surface area contributed by atoms with Crippen molar-refractivity contribution in [2.45, 2.75) is 45.4 Å². The molecule has 0 aliphatic heterocycles. The molecule has 1 heterocycles. The first-order valence-corrected chi connectivity index (χ1v) is 5.42. The van der Waals surface area contributed by atoms with Crippen molar-refractivity contribution in [3.05, 3.63) is 16.9 Å². The van der Waals surface area contributed by atoms with E-state index in [-0.39, 0.29) is 0 Å². The first-order chi connectivity index (χ1) is 6.74. The SMILES string of the molecule is COc1oc2c(c1C(C)C)CCCC2. The fourth-order valence-corrected chi connectivity index (χ4v) is 2.30. The molecule has 14 heavy (non-hydrogen) atoms. The molecule has 1 aliphatic carbocycles. The Morgan fingerprint density at radius 2 is 1.93 bits per heavy atom. The number of furan rings is 1. The molecular formula is C12H18O2. The summed E-state index contributed by atoms with van der Waals surface area (Å²) in [6.07, 6.45) is 4.78. The predicted molar refractivity (Wildman–Crippen MR) is 56.0 cm³/mol. The second-order valence-corrected chi connectivity index (χ2v) is 4.27. The smallest absolute Gasteiger partial charge is 0.288 e. The van der Waals surface area contributed by atoms with Crippen LogP contribution in [0, 0.1) is 0 Å². The van der Waals surface area contributed by atoms with Crippen LogP contribution in [-0.2, 0) is 12.8 Å². The summed E-state index contributed by atoms with van der Waals surface area (Å²) < 4.78 is 11.0. The molecule has 1 aliphatic rings. The Hall–Kier alpha value is -0.920. The number of hydrogen-bond donors (Lipinski definition) is 0. The van der Waals surface area contributed by atoms with E-state index in [0.29, 0.717) is 5.92 Å². The molecule has 0 saturated heterocycles. The van der Waals surface area contributed by atoms with E-state index in [1.54, 1.807) is 7.11 Å². The quantitative estimate of drug-likeness (QED) is 0.720. The normalized spacial score (nSPS) is 15.7. The van der Waals surface area contributed by atoms with Gasteiger partial charge >= 0.3 is 0 Å². The number of methoxy groups -OCH3 is 1. The molecule has 0 aromatic carbocycles. The van der Waals surface area contributed by atoms with Crippen molar-refractivity contribution in [2.75, 3.05) is 7.11 Å². The van der Waals surface area contributed by atoms with Crippen molar-refractivity contribution >= 4 is 0 Å². The summed E-state index contributed by atoms with van der Waals surface area (Å²) in [6.45, 7) is 4.39. The van der Waals surface area contributed by atoms with Crippen molar-refractivity contribution in [3.8, 4) is 5.95 Å². The largest absolute Gasteiger partial charge is 0.468 e. The molecule has 1 aromatic heterocycles. The Kier molecular flexibility index (Phi) is 2.53. The summed E-state index contributed by atoms with van der Waals surface area (Å²) in [4.78, 5) is 0. The van der Waals surface area contributed by atoms with Gasteiger partial charge in [0.2, 0.25) is 0 Å². The first-order valence-electron chi connectivity index (χ1n) is 5.42. The summed E-state index contributed by atoms with van der Waals surface area (Å²) >= 11 is 0. The number of ether oxygens (including phenoxy) is 1. The van der Waals surface area contributed by atoms with Crippen LogP contribution in [0.4, 0.5) is 0 Å². The van der Waals surface area contributed by atoms with E-state index in [0.717, 1.165) is 24.5 Å². The highest BCUT2D eigenvalue weighted by atomic mass is 16.6. The molecule has 1 aromatic rings. The van der Waals surface area contributed by atoms with Crippen molar-refractivity contribution in [1.82, 2.24) is 0 Å². The maximum absolute atomic E-state index is 5.73. The van der Waals surface area contributed by atoms with Crippen LogP contribution < -0.4 is 4.74 Å². The van der Waals surface area contributed by atoms with Crippen LogP contribution in [0.2, 0.25) is 0 Å². The molecule has 0 saturated carbocycles. The van der Waals surface area contributed by atoms with Gasteiger partial charge in [-0.1, -0.05) is 13.8 Å². The molecule has 0 N–H and O–H groups in total. The summed E-state index contributed by atoms with van der Waals surface area (Å²) in [7, 11) is 1.69. The van der Waals surface area contributed by atoms with Crippen LogP contribution in [0.25, 0.3) is 0 Å². The summed E-state index contributed by atoms with van der Waals surface area (Å²) in [5.74, 6) is 2.40. The van der Waals surface area contributed by atoms with Crippen molar-refractivity contribution < 1.29 is 9.15 Å². The highest BCUT2D eigenvalue weighted by molar-refractivity contribution is 5.41. The zero-order valence-electron chi connectivity index (χ0n) is 9.22. The minimum atomic E-state index is 0.496. The van der Waals surface area contributed by atoms with E-state index in [1.165, 1.54) is 24.0 Å². The maximum atomic E-state index is 5.73. The predicted octanol–water partition coefficient (Wildman–Crippen LogP) is 3.29. The summed E-state index contributed by atoms with van der Waals surface area (Å²) in [5, 5.41) is 0. The molecule has 0 spiro atoms. The zero-order valence-corrected chi connectivity index (χ0v) is 9.22. The molecule has 0 atom stereocenters. The Bertz CT molecular complexity index is 323. The number of rotatable bonds is 2. The van der Waals surface area contributed by atoms with Crippen LogP contribution >= 0.6 is 0 Å². The molecule has 0 unspecified atom stereocenters. The Morgan fingerprint density at radius 3 is 2.57 bits per heavy atom. The maximum Gasteiger partial charge on any atom is 0.288 e. The van der Waals surface area contributed by atoms with E-state index >= 15 is 0 Å². The van der Waals surface area contributed by atoms with Gasteiger partial charge in [-0.25, -0.2) is 0 Å². The fourth-order valence-electron chi connectivity index (χ4n) is 2.30. The molecular weight excluding hydrogens is 176 g/mol. The van der Waals surface area contributed by atoms with Gasteiger partial charge < -0.3 is 9.15 Å². The lowest BCUT2D eigenvalue weighted by molar-refractivity contribution is 0.288. The molecule has 0 fully saturated rings. The van der Waals surface area contributed by atoms with Gasteiger partial charge in [0.1, 0.15) is 5.76 Å². The van der Waals surface area contributed by atoms with Gasteiger partial charge in [0.25, 0.3) is 5.95 Å². The van der Waals surface area contributed by atoms with E-state index in [2.05, 4.69) is 13.8 Å². The Balaban J connectivity index is 2.48. The van der Waals surface area contributed by atoms with Gasteiger partial charge in [-0.15, -0.1) is 0 Å². The van der Waals surface area contributed by atoms with Crippen LogP contribution in [-0.4, -0.2) is 7.11 Å². The van der Waals surface area contributed by atoms with Crippen molar-refractivity contribution in [1.29, 1.82) is 0 Å². The third-order valence-corrected chi connectivity index (χ3v) is 2.94. The number of fused-ring (bicyclic) bond motifs is 1. The van der Waals surface area contributed by atoms with E-state index < -0.39 is 0 Å². The lowest BCUT2D eigenvalue weighted by Crippen LogP contribution is -2.02. The number of hydrogen-bond acceptors (Lipinski definition) is 2. The van der Waals surface area contributed by atoms with Gasteiger partial charge in [-0.3, -0.25) is 0 Å². The van der Waals surface area contributed by atoms with Gasteiger partial charge in [-0.2, -0.15) is 0 Å². The first kappa shape index (κ1) is 9.63. The minimum Gasteiger partial charge on any atom is -0.468 e. The molecule has 0 bridgehead atoms. The molecule has 2 rings (SSSR count). The molecule has 78 valence electrons. The third kappa shape index (κ3) is 1.43. The fraction of sp³-hybridized carbons (Fsp3) is 0.667. The van der Waals surface area contributed by atoms with Crippen LogP contribution in [0.5, 0.6) is 5.95 Å². The lowest BCUT2D eigenvalue weighted by atomic mass is 9.91. The third-order valence-electron chi connectivity index (χ3n) is 2.94. The van der Waals surface area contributed by atoms with E-state index in [9.17, 15) is 0 Å². The van der Waals surface area contributed by atoms with Gasteiger partial charge in [0.15, 0.2) is 0 Å². The topological polar surface area (TPSA) is 22.4 Å².